The van der Waals surface area contributed by atoms with Gasteiger partial charge in [0.2, 0.25) is 5.91 Å². The Hall–Kier alpha value is -2.41. The molecule has 7 nitrogen and oxygen atoms in total. The predicted molar refractivity (Wildman–Crippen MR) is 80.8 cm³/mol. The van der Waals surface area contributed by atoms with E-state index in [-0.39, 0.29) is 24.4 Å². The Labute approximate surface area is 126 Å². The van der Waals surface area contributed by atoms with E-state index in [4.69, 9.17) is 4.74 Å². The van der Waals surface area contributed by atoms with Crippen LogP contribution in [0.5, 0.6) is 0 Å². The van der Waals surface area contributed by atoms with Crippen molar-refractivity contribution in [2.45, 2.75) is 13.0 Å². The van der Waals surface area contributed by atoms with Crippen molar-refractivity contribution in [3.8, 4) is 0 Å². The summed E-state index contributed by atoms with van der Waals surface area (Å²) < 4.78 is 6.28. The highest BCUT2D eigenvalue weighted by Crippen LogP contribution is 2.04. The van der Waals surface area contributed by atoms with Crippen LogP contribution in [0.3, 0.4) is 0 Å². The van der Waals surface area contributed by atoms with Gasteiger partial charge in [-0.2, -0.15) is 0 Å². The van der Waals surface area contributed by atoms with E-state index in [1.165, 1.54) is 0 Å². The van der Waals surface area contributed by atoms with Crippen LogP contribution < -0.4 is 11.2 Å². The normalized spacial score (nSPS) is 15.2. The van der Waals surface area contributed by atoms with Crippen molar-refractivity contribution < 1.29 is 9.53 Å². The SMILES string of the molecule is O=C(CCn1c(=O)[nH]c2ccccc2c1=O)N1CCOCC1. The summed E-state index contributed by atoms with van der Waals surface area (Å²) in [6, 6.07) is 6.84. The minimum Gasteiger partial charge on any atom is -0.378 e. The lowest BCUT2D eigenvalue weighted by atomic mass is 10.2. The Morgan fingerprint density at radius 1 is 1.18 bits per heavy atom. The molecule has 1 fully saturated rings. The zero-order chi connectivity index (χ0) is 15.5. The van der Waals surface area contributed by atoms with Crippen molar-refractivity contribution in [1.29, 1.82) is 0 Å². The molecule has 1 amide bonds. The molecule has 0 aliphatic carbocycles. The Kier molecular flexibility index (Phi) is 4.06. The van der Waals surface area contributed by atoms with Gasteiger partial charge < -0.3 is 14.6 Å². The van der Waals surface area contributed by atoms with Gasteiger partial charge >= 0.3 is 5.69 Å². The Bertz CT molecular complexity index is 802. The highest BCUT2D eigenvalue weighted by Gasteiger charge is 2.17. The highest BCUT2D eigenvalue weighted by atomic mass is 16.5. The molecular weight excluding hydrogens is 286 g/mol. The summed E-state index contributed by atoms with van der Waals surface area (Å²) in [5.41, 5.74) is -0.346. The molecule has 0 atom stereocenters. The van der Waals surface area contributed by atoms with Gasteiger partial charge in [-0.1, -0.05) is 12.1 Å². The fraction of sp³-hybridized carbons (Fsp3) is 0.400. The number of fused-ring (bicyclic) bond motifs is 1. The molecular formula is C15H17N3O4. The Morgan fingerprint density at radius 3 is 2.68 bits per heavy atom. The third-order valence-electron chi connectivity index (χ3n) is 3.80. The molecule has 116 valence electrons. The number of hydrogen-bond donors (Lipinski definition) is 1. The third kappa shape index (κ3) is 2.80. The van der Waals surface area contributed by atoms with Gasteiger partial charge in [-0.15, -0.1) is 0 Å². The van der Waals surface area contributed by atoms with Crippen molar-refractivity contribution in [2.75, 3.05) is 26.3 Å². The number of aromatic nitrogens is 2. The molecule has 0 radical (unpaired) electrons. The van der Waals surface area contributed by atoms with E-state index in [9.17, 15) is 14.4 Å². The number of carbonyl (C=O) groups excluding carboxylic acids is 1. The molecule has 0 saturated carbocycles. The lowest BCUT2D eigenvalue weighted by Gasteiger charge is -2.26. The summed E-state index contributed by atoms with van der Waals surface area (Å²) in [6.07, 6.45) is 0.126. The molecule has 0 spiro atoms. The zero-order valence-corrected chi connectivity index (χ0v) is 12.1. The quantitative estimate of drug-likeness (QED) is 0.861. The standard InChI is InChI=1S/C15H17N3O4/c19-13(17-7-9-22-10-8-17)5-6-18-14(20)11-3-1-2-4-12(11)16-15(18)21/h1-4H,5-10H2,(H,16,21). The van der Waals surface area contributed by atoms with E-state index in [1.807, 2.05) is 0 Å². The maximum Gasteiger partial charge on any atom is 0.328 e. The summed E-state index contributed by atoms with van der Waals surface area (Å²) >= 11 is 0. The number of carbonyl (C=O) groups is 1. The molecule has 7 heteroatoms. The number of para-hydroxylation sites is 1. The summed E-state index contributed by atoms with van der Waals surface area (Å²) in [4.78, 5) is 40.8. The van der Waals surface area contributed by atoms with E-state index in [1.54, 1.807) is 29.2 Å². The fourth-order valence-electron chi connectivity index (χ4n) is 2.58. The van der Waals surface area contributed by atoms with Gasteiger partial charge in [-0.25, -0.2) is 4.79 Å². The van der Waals surface area contributed by atoms with Crippen LogP contribution in [0.1, 0.15) is 6.42 Å². The minimum atomic E-state index is -0.488. The van der Waals surface area contributed by atoms with Crippen LogP contribution in [0.15, 0.2) is 33.9 Å². The first-order valence-electron chi connectivity index (χ1n) is 7.24. The number of nitrogens with zero attached hydrogens (tertiary/aromatic N) is 2. The molecule has 1 aliphatic heterocycles. The van der Waals surface area contributed by atoms with Crippen LogP contribution in [0, 0.1) is 0 Å². The molecule has 1 saturated heterocycles. The molecule has 1 N–H and O–H groups in total. The van der Waals surface area contributed by atoms with Gasteiger partial charge in [-0.05, 0) is 12.1 Å². The van der Waals surface area contributed by atoms with Crippen molar-refractivity contribution >= 4 is 16.8 Å². The lowest BCUT2D eigenvalue weighted by Crippen LogP contribution is -2.42. The first kappa shape index (κ1) is 14.5. The number of rotatable bonds is 3. The number of morpholine rings is 1. The van der Waals surface area contributed by atoms with Crippen molar-refractivity contribution in [3.05, 3.63) is 45.1 Å². The Morgan fingerprint density at radius 2 is 1.91 bits per heavy atom. The molecule has 0 unspecified atom stereocenters. The number of ether oxygens (including phenoxy) is 1. The summed E-state index contributed by atoms with van der Waals surface area (Å²) in [7, 11) is 0. The van der Waals surface area contributed by atoms with Gasteiger partial charge in [0.25, 0.3) is 5.56 Å². The number of benzene rings is 1. The molecule has 1 aromatic carbocycles. The molecule has 1 aromatic heterocycles. The molecule has 2 heterocycles. The largest absolute Gasteiger partial charge is 0.378 e. The average Bonchev–Trinajstić information content (AvgIpc) is 2.55. The van der Waals surface area contributed by atoms with Crippen LogP contribution in [0.4, 0.5) is 0 Å². The van der Waals surface area contributed by atoms with Crippen LogP contribution in [0.25, 0.3) is 10.9 Å². The van der Waals surface area contributed by atoms with E-state index in [0.29, 0.717) is 37.2 Å². The van der Waals surface area contributed by atoms with Crippen molar-refractivity contribution in [2.24, 2.45) is 0 Å². The van der Waals surface area contributed by atoms with E-state index in [0.717, 1.165) is 4.57 Å². The van der Waals surface area contributed by atoms with Gasteiger partial charge in [-0.3, -0.25) is 14.2 Å². The van der Waals surface area contributed by atoms with E-state index >= 15 is 0 Å². The molecule has 1 aliphatic rings. The first-order valence-corrected chi connectivity index (χ1v) is 7.24. The molecule has 22 heavy (non-hydrogen) atoms. The monoisotopic (exact) mass is 303 g/mol. The second-order valence-electron chi connectivity index (χ2n) is 5.18. The second-order valence-corrected chi connectivity index (χ2v) is 5.18. The average molecular weight is 303 g/mol. The maximum absolute atomic E-state index is 12.3. The molecule has 2 aromatic rings. The van der Waals surface area contributed by atoms with Gasteiger partial charge in [0.05, 0.1) is 24.1 Å². The number of aromatic amines is 1. The number of nitrogens with one attached hydrogen (secondary N) is 1. The zero-order valence-electron chi connectivity index (χ0n) is 12.1. The van der Waals surface area contributed by atoms with Crippen molar-refractivity contribution in [1.82, 2.24) is 14.5 Å². The van der Waals surface area contributed by atoms with Gasteiger partial charge in [0.1, 0.15) is 0 Å². The van der Waals surface area contributed by atoms with Gasteiger partial charge in [0, 0.05) is 26.1 Å². The summed E-state index contributed by atoms with van der Waals surface area (Å²) in [5.74, 6) is -0.0669. The summed E-state index contributed by atoms with van der Waals surface area (Å²) in [6.45, 7) is 2.25. The fourth-order valence-corrected chi connectivity index (χ4v) is 2.58. The van der Waals surface area contributed by atoms with E-state index < -0.39 is 5.69 Å². The van der Waals surface area contributed by atoms with Crippen LogP contribution in [-0.2, 0) is 16.1 Å². The first-order chi connectivity index (χ1) is 10.7. The predicted octanol–water partition coefficient (Wildman–Crippen LogP) is -0.0613. The lowest BCUT2D eigenvalue weighted by molar-refractivity contribution is -0.135. The summed E-state index contributed by atoms with van der Waals surface area (Å²) in [5, 5.41) is 0.445. The molecule has 3 rings (SSSR count). The minimum absolute atomic E-state index is 0.0669. The van der Waals surface area contributed by atoms with E-state index in [2.05, 4.69) is 4.98 Å². The highest BCUT2D eigenvalue weighted by molar-refractivity contribution is 5.77. The van der Waals surface area contributed by atoms with Gasteiger partial charge in [0.15, 0.2) is 0 Å². The Balaban J connectivity index is 1.80. The smallest absolute Gasteiger partial charge is 0.328 e. The van der Waals surface area contributed by atoms with Crippen LogP contribution >= 0.6 is 0 Å². The van der Waals surface area contributed by atoms with Crippen molar-refractivity contribution in [3.63, 3.8) is 0 Å². The number of hydrogen-bond acceptors (Lipinski definition) is 4. The maximum atomic E-state index is 12.3. The van der Waals surface area contributed by atoms with Crippen LogP contribution in [0.2, 0.25) is 0 Å². The third-order valence-corrected chi connectivity index (χ3v) is 3.80. The topological polar surface area (TPSA) is 84.4 Å². The van der Waals surface area contributed by atoms with Crippen LogP contribution in [-0.4, -0.2) is 46.7 Å². The number of amides is 1. The molecule has 0 bridgehead atoms. The number of H-pyrrole nitrogens is 1. The second kappa shape index (κ2) is 6.15.